The van der Waals surface area contributed by atoms with E-state index in [2.05, 4.69) is 0 Å². The van der Waals surface area contributed by atoms with Gasteiger partial charge in [-0.3, -0.25) is 9.59 Å². The third-order valence-electron chi connectivity index (χ3n) is 4.36. The first-order valence-electron chi connectivity index (χ1n) is 7.88. The number of carbonyl (C=O) groups excluding carboxylic acids is 2. The Kier molecular flexibility index (Phi) is 4.57. The van der Waals surface area contributed by atoms with Gasteiger partial charge in [-0.15, -0.1) is 0 Å². The Hall–Kier alpha value is -3.08. The number of fused-ring (bicyclic) bond motifs is 1. The van der Waals surface area contributed by atoms with Crippen molar-refractivity contribution in [1.29, 1.82) is 0 Å². The number of rotatable bonds is 4. The van der Waals surface area contributed by atoms with Crippen LogP contribution in [0.4, 0.5) is 0 Å². The number of ether oxygens (including phenoxy) is 2. The summed E-state index contributed by atoms with van der Waals surface area (Å²) in [5, 5.41) is 0.824. The summed E-state index contributed by atoms with van der Waals surface area (Å²) in [6, 6.07) is 17.3. The molecule has 0 aliphatic rings. The minimum atomic E-state index is -1.14. The number of hydrogen-bond donors (Lipinski definition) is 0. The average molecular weight is 337 g/mol. The summed E-state index contributed by atoms with van der Waals surface area (Å²) in [5.41, 5.74) is 3.23. The number of aryl methyl sites for hydroxylation is 1. The maximum Gasteiger partial charge on any atom is 0.324 e. The van der Waals surface area contributed by atoms with E-state index in [9.17, 15) is 9.59 Å². The van der Waals surface area contributed by atoms with Gasteiger partial charge < -0.3 is 14.0 Å². The molecule has 1 aromatic heterocycles. The first-order chi connectivity index (χ1) is 12.1. The Balaban J connectivity index is 2.39. The van der Waals surface area contributed by atoms with Crippen LogP contribution in [0.3, 0.4) is 0 Å². The molecule has 3 aromatic rings. The molecule has 0 spiro atoms. The second kappa shape index (κ2) is 6.81. The molecule has 0 saturated carbocycles. The van der Waals surface area contributed by atoms with E-state index in [4.69, 9.17) is 9.47 Å². The molecule has 0 radical (unpaired) electrons. The highest BCUT2D eigenvalue weighted by molar-refractivity contribution is 6.07. The molecule has 0 aliphatic carbocycles. The van der Waals surface area contributed by atoms with Crippen LogP contribution in [0, 0.1) is 0 Å². The zero-order valence-corrected chi connectivity index (χ0v) is 14.4. The maximum atomic E-state index is 12.4. The van der Waals surface area contributed by atoms with Gasteiger partial charge in [-0.05, 0) is 11.6 Å². The van der Waals surface area contributed by atoms with Gasteiger partial charge in [0, 0.05) is 23.5 Å². The van der Waals surface area contributed by atoms with Gasteiger partial charge in [0.15, 0.2) is 5.92 Å². The quantitative estimate of drug-likeness (QED) is 0.541. The molecule has 5 nitrogen and oxygen atoms in total. The Morgan fingerprint density at radius 2 is 1.44 bits per heavy atom. The molecular weight excluding hydrogens is 318 g/mol. The Morgan fingerprint density at radius 1 is 0.880 bits per heavy atom. The van der Waals surface area contributed by atoms with Crippen molar-refractivity contribution in [2.75, 3.05) is 14.2 Å². The number of para-hydroxylation sites is 1. The molecule has 0 N–H and O–H groups in total. The molecule has 0 aliphatic heterocycles. The molecule has 1 heterocycles. The largest absolute Gasteiger partial charge is 0.468 e. The van der Waals surface area contributed by atoms with Gasteiger partial charge in [-0.25, -0.2) is 0 Å². The zero-order chi connectivity index (χ0) is 18.0. The fraction of sp³-hybridized carbons (Fsp3) is 0.200. The molecule has 5 heteroatoms. The van der Waals surface area contributed by atoms with Crippen LogP contribution in [0.25, 0.3) is 22.2 Å². The van der Waals surface area contributed by atoms with Gasteiger partial charge in [0.1, 0.15) is 0 Å². The van der Waals surface area contributed by atoms with Crippen molar-refractivity contribution >= 4 is 22.8 Å². The first-order valence-corrected chi connectivity index (χ1v) is 7.88. The molecule has 0 unspecified atom stereocenters. The molecule has 0 atom stereocenters. The van der Waals surface area contributed by atoms with Crippen molar-refractivity contribution in [1.82, 2.24) is 4.57 Å². The number of aromatic nitrogens is 1. The lowest BCUT2D eigenvalue weighted by molar-refractivity contribution is -0.154. The molecule has 3 rings (SSSR count). The van der Waals surface area contributed by atoms with E-state index >= 15 is 0 Å². The van der Waals surface area contributed by atoms with Crippen molar-refractivity contribution in [2.24, 2.45) is 7.05 Å². The summed E-state index contributed by atoms with van der Waals surface area (Å²) in [6.45, 7) is 0. The molecular formula is C20H19NO4. The highest BCUT2D eigenvalue weighted by Gasteiger charge is 2.36. The van der Waals surface area contributed by atoms with Gasteiger partial charge >= 0.3 is 11.9 Å². The number of nitrogens with zero attached hydrogens (tertiary/aromatic N) is 1. The van der Waals surface area contributed by atoms with Gasteiger partial charge in [-0.2, -0.15) is 0 Å². The monoisotopic (exact) mass is 337 g/mol. The Morgan fingerprint density at radius 3 is 2.04 bits per heavy atom. The summed E-state index contributed by atoms with van der Waals surface area (Å²) >= 11 is 0. The lowest BCUT2D eigenvalue weighted by Gasteiger charge is -2.15. The number of methoxy groups -OCH3 is 2. The number of hydrogen-bond acceptors (Lipinski definition) is 4. The number of carbonyl (C=O) groups is 2. The summed E-state index contributed by atoms with van der Waals surface area (Å²) in [7, 11) is 4.46. The number of esters is 2. The van der Waals surface area contributed by atoms with Crippen molar-refractivity contribution < 1.29 is 19.1 Å². The van der Waals surface area contributed by atoms with Crippen LogP contribution in [0.15, 0.2) is 54.6 Å². The third-order valence-corrected chi connectivity index (χ3v) is 4.36. The summed E-state index contributed by atoms with van der Waals surface area (Å²) in [6.07, 6.45) is 0. The molecule has 0 amide bonds. The molecule has 128 valence electrons. The van der Waals surface area contributed by atoms with Gasteiger partial charge in [0.25, 0.3) is 0 Å². The number of benzene rings is 2. The second-order valence-corrected chi connectivity index (χ2v) is 5.68. The maximum absolute atomic E-state index is 12.4. The molecule has 0 fully saturated rings. The fourth-order valence-electron chi connectivity index (χ4n) is 3.23. The molecule has 0 bridgehead atoms. The molecule has 2 aromatic carbocycles. The second-order valence-electron chi connectivity index (χ2n) is 5.68. The molecule has 0 saturated heterocycles. The van der Waals surface area contributed by atoms with Crippen LogP contribution < -0.4 is 0 Å². The lowest BCUT2D eigenvalue weighted by Crippen LogP contribution is -2.25. The Bertz CT molecular complexity index is 912. The van der Waals surface area contributed by atoms with Crippen molar-refractivity contribution in [3.8, 4) is 11.3 Å². The highest BCUT2D eigenvalue weighted by atomic mass is 16.5. The zero-order valence-electron chi connectivity index (χ0n) is 14.4. The van der Waals surface area contributed by atoms with E-state index in [0.717, 1.165) is 22.2 Å². The normalized spacial score (nSPS) is 10.9. The van der Waals surface area contributed by atoms with E-state index in [-0.39, 0.29) is 0 Å². The van der Waals surface area contributed by atoms with Crippen molar-refractivity contribution in [2.45, 2.75) is 5.92 Å². The smallest absolute Gasteiger partial charge is 0.324 e. The lowest BCUT2D eigenvalue weighted by atomic mass is 9.93. The highest BCUT2D eigenvalue weighted by Crippen LogP contribution is 2.38. The van der Waals surface area contributed by atoms with Crippen LogP contribution in [0.2, 0.25) is 0 Å². The van der Waals surface area contributed by atoms with Gasteiger partial charge in [-0.1, -0.05) is 48.5 Å². The van der Waals surface area contributed by atoms with E-state index in [0.29, 0.717) is 5.56 Å². The minimum Gasteiger partial charge on any atom is -0.468 e. The minimum absolute atomic E-state index is 0.600. The van der Waals surface area contributed by atoms with Crippen molar-refractivity contribution in [3.63, 3.8) is 0 Å². The van der Waals surface area contributed by atoms with Crippen LogP contribution in [0.1, 0.15) is 11.5 Å². The van der Waals surface area contributed by atoms with Gasteiger partial charge in [0.2, 0.25) is 0 Å². The Labute approximate surface area is 145 Å². The van der Waals surface area contributed by atoms with Gasteiger partial charge in [0.05, 0.1) is 19.9 Å². The predicted octanol–water partition coefficient (Wildman–Crippen LogP) is 3.27. The van der Waals surface area contributed by atoms with E-state index in [1.807, 2.05) is 66.2 Å². The fourth-order valence-corrected chi connectivity index (χ4v) is 3.23. The summed E-state index contributed by atoms with van der Waals surface area (Å²) in [4.78, 5) is 24.8. The predicted molar refractivity (Wildman–Crippen MR) is 95.1 cm³/mol. The summed E-state index contributed by atoms with van der Waals surface area (Å²) in [5.74, 6) is -2.42. The first kappa shape index (κ1) is 16.8. The third kappa shape index (κ3) is 2.78. The van der Waals surface area contributed by atoms with Crippen LogP contribution >= 0.6 is 0 Å². The van der Waals surface area contributed by atoms with Crippen LogP contribution in [-0.4, -0.2) is 30.7 Å². The van der Waals surface area contributed by atoms with E-state index in [1.165, 1.54) is 14.2 Å². The van der Waals surface area contributed by atoms with E-state index < -0.39 is 17.9 Å². The topological polar surface area (TPSA) is 57.5 Å². The average Bonchev–Trinajstić information content (AvgIpc) is 2.95. The van der Waals surface area contributed by atoms with E-state index in [1.54, 1.807) is 0 Å². The van der Waals surface area contributed by atoms with Crippen LogP contribution in [-0.2, 0) is 26.1 Å². The van der Waals surface area contributed by atoms with Crippen LogP contribution in [0.5, 0.6) is 0 Å². The molecule has 25 heavy (non-hydrogen) atoms. The standard InChI is InChI=1S/C20H19NO4/c1-21-15-12-8-7-11-14(15)16(17(19(22)24-2)20(23)25-3)18(21)13-9-5-4-6-10-13/h4-12,17H,1-3H3. The summed E-state index contributed by atoms with van der Waals surface area (Å²) < 4.78 is 11.8. The van der Waals surface area contributed by atoms with Crippen molar-refractivity contribution in [3.05, 3.63) is 60.2 Å². The SMILES string of the molecule is COC(=O)C(C(=O)OC)c1c(-c2ccccc2)n(C)c2ccccc12.